The van der Waals surface area contributed by atoms with Crippen molar-refractivity contribution in [2.24, 2.45) is 5.41 Å². The molecule has 1 aliphatic heterocycles. The van der Waals surface area contributed by atoms with Crippen LogP contribution < -0.4 is 10.6 Å². The second kappa shape index (κ2) is 7.39. The van der Waals surface area contributed by atoms with E-state index >= 15 is 0 Å². The van der Waals surface area contributed by atoms with E-state index in [9.17, 15) is 4.79 Å². The van der Waals surface area contributed by atoms with Crippen LogP contribution >= 0.6 is 12.4 Å². The van der Waals surface area contributed by atoms with Crippen molar-refractivity contribution >= 4 is 18.3 Å². The normalized spacial score (nSPS) is 21.0. The number of halogens is 1. The number of piperazine rings is 1. The average molecular weight is 332 g/mol. The Hall–Kier alpha value is -1.18. The molecule has 1 fully saturated rings. The van der Waals surface area contributed by atoms with Gasteiger partial charge in [-0.1, -0.05) is 25.9 Å². The van der Waals surface area contributed by atoms with E-state index in [1.165, 1.54) is 0 Å². The number of amides is 1. The van der Waals surface area contributed by atoms with Gasteiger partial charge in [-0.05, 0) is 14.0 Å². The second-order valence-electron chi connectivity index (χ2n) is 6.64. The standard InChI is InChI=1S/C14H25N5O2.ClH/c1-9(16-13(20)14(2,3)4)12-17-11(18-21-12)10-8-15-6-7-19(10)5;/h9-10,15H,6-8H2,1-5H3,(H,16,20);1H. The molecule has 1 amide bonds. The Morgan fingerprint density at radius 3 is 2.77 bits per heavy atom. The zero-order chi connectivity index (χ0) is 15.6. The number of rotatable bonds is 3. The molecule has 8 heteroatoms. The summed E-state index contributed by atoms with van der Waals surface area (Å²) in [5.74, 6) is 1.07. The summed E-state index contributed by atoms with van der Waals surface area (Å²) < 4.78 is 5.31. The van der Waals surface area contributed by atoms with Crippen LogP contribution in [-0.4, -0.2) is 47.6 Å². The molecule has 2 rings (SSSR count). The van der Waals surface area contributed by atoms with Gasteiger partial charge >= 0.3 is 0 Å². The number of hydrogen-bond donors (Lipinski definition) is 2. The first-order chi connectivity index (χ1) is 9.79. The lowest BCUT2D eigenvalue weighted by molar-refractivity contribution is -0.129. The molecule has 0 saturated carbocycles. The van der Waals surface area contributed by atoms with Gasteiger partial charge in [0, 0.05) is 25.0 Å². The zero-order valence-corrected chi connectivity index (χ0v) is 14.7. The van der Waals surface area contributed by atoms with Gasteiger partial charge in [-0.3, -0.25) is 9.69 Å². The maximum atomic E-state index is 12.0. The van der Waals surface area contributed by atoms with Crippen LogP contribution in [0.4, 0.5) is 0 Å². The molecule has 0 spiro atoms. The van der Waals surface area contributed by atoms with Crippen LogP contribution in [0.2, 0.25) is 0 Å². The molecule has 2 unspecified atom stereocenters. The molecule has 0 bridgehead atoms. The minimum Gasteiger partial charge on any atom is -0.344 e. The number of carbonyl (C=O) groups is 1. The molecule has 0 aliphatic carbocycles. The van der Waals surface area contributed by atoms with E-state index in [1.807, 2.05) is 34.7 Å². The lowest BCUT2D eigenvalue weighted by Gasteiger charge is -2.30. The second-order valence-corrected chi connectivity index (χ2v) is 6.64. The van der Waals surface area contributed by atoms with Crippen LogP contribution in [0.3, 0.4) is 0 Å². The zero-order valence-electron chi connectivity index (χ0n) is 13.8. The molecule has 0 radical (unpaired) electrons. The van der Waals surface area contributed by atoms with E-state index in [2.05, 4.69) is 25.7 Å². The first kappa shape index (κ1) is 18.9. The maximum absolute atomic E-state index is 12.0. The lowest BCUT2D eigenvalue weighted by atomic mass is 9.95. The summed E-state index contributed by atoms with van der Waals surface area (Å²) in [6, 6.07) is -0.179. The quantitative estimate of drug-likeness (QED) is 0.868. The molecule has 1 aliphatic rings. The summed E-state index contributed by atoms with van der Waals surface area (Å²) in [7, 11) is 2.05. The summed E-state index contributed by atoms with van der Waals surface area (Å²) >= 11 is 0. The van der Waals surface area contributed by atoms with Gasteiger partial charge in [0.2, 0.25) is 11.8 Å². The summed E-state index contributed by atoms with van der Waals surface area (Å²) in [6.07, 6.45) is 0. The van der Waals surface area contributed by atoms with Gasteiger partial charge in [-0.25, -0.2) is 0 Å². The largest absolute Gasteiger partial charge is 0.344 e. The van der Waals surface area contributed by atoms with Gasteiger partial charge in [0.15, 0.2) is 5.82 Å². The Morgan fingerprint density at radius 2 is 2.18 bits per heavy atom. The molecule has 2 N–H and O–H groups in total. The van der Waals surface area contributed by atoms with E-state index in [-0.39, 0.29) is 30.4 Å². The monoisotopic (exact) mass is 331 g/mol. The molecular formula is C14H26ClN5O2. The maximum Gasteiger partial charge on any atom is 0.248 e. The average Bonchev–Trinajstić information content (AvgIpc) is 2.87. The highest BCUT2D eigenvalue weighted by Crippen LogP contribution is 2.21. The predicted octanol–water partition coefficient (Wildman–Crippen LogP) is 1.29. The molecule has 2 heterocycles. The Labute approximate surface area is 137 Å². The van der Waals surface area contributed by atoms with Crippen LogP contribution in [-0.2, 0) is 4.79 Å². The molecule has 22 heavy (non-hydrogen) atoms. The number of hydrogen-bond acceptors (Lipinski definition) is 6. The van der Waals surface area contributed by atoms with Crippen molar-refractivity contribution in [3.05, 3.63) is 11.7 Å². The van der Waals surface area contributed by atoms with Crippen molar-refractivity contribution in [2.75, 3.05) is 26.7 Å². The smallest absolute Gasteiger partial charge is 0.248 e. The van der Waals surface area contributed by atoms with E-state index < -0.39 is 5.41 Å². The first-order valence-electron chi connectivity index (χ1n) is 7.34. The van der Waals surface area contributed by atoms with Crippen LogP contribution in [0.25, 0.3) is 0 Å². The fourth-order valence-electron chi connectivity index (χ4n) is 2.13. The highest BCUT2D eigenvalue weighted by molar-refractivity contribution is 5.85. The van der Waals surface area contributed by atoms with E-state index in [4.69, 9.17) is 4.52 Å². The van der Waals surface area contributed by atoms with Gasteiger partial charge in [0.25, 0.3) is 0 Å². The molecule has 2 atom stereocenters. The van der Waals surface area contributed by atoms with Gasteiger partial charge in [0.05, 0.1) is 6.04 Å². The SMILES string of the molecule is CC(NC(=O)C(C)(C)C)c1nc(C2CNCCN2C)no1.Cl. The summed E-state index contributed by atoms with van der Waals surface area (Å²) in [5, 5.41) is 10.3. The topological polar surface area (TPSA) is 83.3 Å². The van der Waals surface area contributed by atoms with Gasteiger partial charge in [0.1, 0.15) is 6.04 Å². The summed E-state index contributed by atoms with van der Waals surface area (Å²) in [5.41, 5.74) is -0.440. The fourth-order valence-corrected chi connectivity index (χ4v) is 2.13. The lowest BCUT2D eigenvalue weighted by Crippen LogP contribution is -2.44. The number of carbonyl (C=O) groups excluding carboxylic acids is 1. The minimum absolute atomic E-state index is 0. The Balaban J connectivity index is 0.00000242. The van der Waals surface area contributed by atoms with Crippen LogP contribution in [0, 0.1) is 5.41 Å². The molecular weight excluding hydrogens is 306 g/mol. The van der Waals surface area contributed by atoms with Gasteiger partial charge in [-0.15, -0.1) is 12.4 Å². The number of nitrogens with one attached hydrogen (secondary N) is 2. The number of likely N-dealkylation sites (N-methyl/N-ethyl adjacent to an activating group) is 1. The van der Waals surface area contributed by atoms with Gasteiger partial charge in [-0.2, -0.15) is 4.98 Å². The third-order valence-electron chi connectivity index (χ3n) is 3.67. The predicted molar refractivity (Wildman–Crippen MR) is 85.8 cm³/mol. The number of nitrogens with zero attached hydrogens (tertiary/aromatic N) is 3. The van der Waals surface area contributed by atoms with E-state index in [1.54, 1.807) is 0 Å². The van der Waals surface area contributed by atoms with Crippen molar-refractivity contribution in [3.63, 3.8) is 0 Å². The summed E-state index contributed by atoms with van der Waals surface area (Å²) in [6.45, 7) is 10.2. The van der Waals surface area contributed by atoms with Crippen molar-refractivity contribution in [2.45, 2.75) is 39.8 Å². The molecule has 1 aromatic rings. The van der Waals surface area contributed by atoms with Crippen molar-refractivity contribution in [1.29, 1.82) is 0 Å². The molecule has 0 aromatic carbocycles. The summed E-state index contributed by atoms with van der Waals surface area (Å²) in [4.78, 5) is 18.6. The van der Waals surface area contributed by atoms with Crippen molar-refractivity contribution < 1.29 is 9.32 Å². The van der Waals surface area contributed by atoms with Crippen LogP contribution in [0.1, 0.15) is 51.5 Å². The van der Waals surface area contributed by atoms with Crippen LogP contribution in [0.15, 0.2) is 4.52 Å². The Kier molecular flexibility index (Phi) is 6.34. The molecule has 7 nitrogen and oxygen atoms in total. The first-order valence-corrected chi connectivity index (χ1v) is 7.34. The highest BCUT2D eigenvalue weighted by Gasteiger charge is 2.28. The van der Waals surface area contributed by atoms with Crippen molar-refractivity contribution in [3.8, 4) is 0 Å². The fraction of sp³-hybridized carbons (Fsp3) is 0.786. The minimum atomic E-state index is -0.440. The molecule has 1 aromatic heterocycles. The van der Waals surface area contributed by atoms with E-state index in [0.717, 1.165) is 19.6 Å². The third kappa shape index (κ3) is 4.41. The molecule has 126 valence electrons. The highest BCUT2D eigenvalue weighted by atomic mass is 35.5. The van der Waals surface area contributed by atoms with Gasteiger partial charge < -0.3 is 15.2 Å². The molecule has 1 saturated heterocycles. The Morgan fingerprint density at radius 1 is 1.50 bits per heavy atom. The number of aromatic nitrogens is 2. The van der Waals surface area contributed by atoms with E-state index in [0.29, 0.717) is 11.7 Å². The van der Waals surface area contributed by atoms with Crippen LogP contribution in [0.5, 0.6) is 0 Å². The third-order valence-corrected chi connectivity index (χ3v) is 3.67. The van der Waals surface area contributed by atoms with Crippen molar-refractivity contribution in [1.82, 2.24) is 25.7 Å². The Bertz CT molecular complexity index is 500.